The SMILES string of the molecule is CCn1nc(CCCBr)c2ccccc21. The molecule has 0 amide bonds. The molecule has 0 saturated carbocycles. The molecule has 2 nitrogen and oxygen atoms in total. The summed E-state index contributed by atoms with van der Waals surface area (Å²) in [6.07, 6.45) is 2.20. The van der Waals surface area contributed by atoms with Gasteiger partial charge in [-0.15, -0.1) is 0 Å². The number of alkyl halides is 1. The van der Waals surface area contributed by atoms with Gasteiger partial charge in [0.25, 0.3) is 0 Å². The van der Waals surface area contributed by atoms with Crippen molar-refractivity contribution < 1.29 is 0 Å². The van der Waals surface area contributed by atoms with Crippen molar-refractivity contribution >= 4 is 26.8 Å². The van der Waals surface area contributed by atoms with Crippen LogP contribution in [0.4, 0.5) is 0 Å². The largest absolute Gasteiger partial charge is 0.265 e. The minimum absolute atomic E-state index is 0.939. The van der Waals surface area contributed by atoms with E-state index in [1.165, 1.54) is 16.6 Å². The van der Waals surface area contributed by atoms with Crippen LogP contribution in [-0.2, 0) is 13.0 Å². The smallest absolute Gasteiger partial charge is 0.0703 e. The zero-order valence-corrected chi connectivity index (χ0v) is 10.5. The van der Waals surface area contributed by atoms with Crippen molar-refractivity contribution in [1.82, 2.24) is 9.78 Å². The van der Waals surface area contributed by atoms with Crippen LogP contribution >= 0.6 is 15.9 Å². The first-order chi connectivity index (χ1) is 7.36. The van der Waals surface area contributed by atoms with E-state index in [1.54, 1.807) is 0 Å². The Balaban J connectivity index is 2.45. The molecule has 0 fully saturated rings. The Morgan fingerprint density at radius 1 is 1.33 bits per heavy atom. The summed E-state index contributed by atoms with van der Waals surface area (Å²) in [5.74, 6) is 0. The lowest BCUT2D eigenvalue weighted by Crippen LogP contribution is -1.97. The summed E-state index contributed by atoms with van der Waals surface area (Å²) in [5, 5.41) is 6.99. The van der Waals surface area contributed by atoms with E-state index in [0.29, 0.717) is 0 Å². The Morgan fingerprint density at radius 2 is 2.13 bits per heavy atom. The standard InChI is InChI=1S/C12H15BrN2/c1-2-15-12-8-4-3-6-10(12)11(14-15)7-5-9-13/h3-4,6,8H,2,5,7,9H2,1H3. The van der Waals surface area contributed by atoms with Crippen LogP contribution in [0.15, 0.2) is 24.3 Å². The molecule has 0 aliphatic carbocycles. The lowest BCUT2D eigenvalue weighted by molar-refractivity contribution is 0.665. The third-order valence-electron chi connectivity index (χ3n) is 2.58. The predicted octanol–water partition coefficient (Wildman–Crippen LogP) is 3.38. The molecule has 0 bridgehead atoms. The van der Waals surface area contributed by atoms with Crippen molar-refractivity contribution in [2.75, 3.05) is 5.33 Å². The highest BCUT2D eigenvalue weighted by Gasteiger charge is 2.07. The molecule has 0 N–H and O–H groups in total. The molecule has 1 aromatic carbocycles. The maximum atomic E-state index is 4.64. The van der Waals surface area contributed by atoms with E-state index >= 15 is 0 Å². The van der Waals surface area contributed by atoms with Crippen LogP contribution < -0.4 is 0 Å². The highest BCUT2D eigenvalue weighted by Crippen LogP contribution is 2.19. The summed E-state index contributed by atoms with van der Waals surface area (Å²) in [7, 11) is 0. The number of para-hydroxylation sites is 1. The van der Waals surface area contributed by atoms with Gasteiger partial charge in [0.2, 0.25) is 0 Å². The van der Waals surface area contributed by atoms with Crippen LogP contribution in [0, 0.1) is 0 Å². The number of fused-ring (bicyclic) bond motifs is 1. The zero-order valence-electron chi connectivity index (χ0n) is 8.91. The minimum Gasteiger partial charge on any atom is -0.265 e. The summed E-state index contributed by atoms with van der Waals surface area (Å²) in [6.45, 7) is 3.07. The number of rotatable bonds is 4. The Bertz CT molecular complexity index is 448. The molecule has 15 heavy (non-hydrogen) atoms. The normalized spacial score (nSPS) is 11.1. The van der Waals surface area contributed by atoms with E-state index < -0.39 is 0 Å². The first kappa shape index (κ1) is 10.7. The number of halogens is 1. The predicted molar refractivity (Wildman–Crippen MR) is 67.5 cm³/mol. The first-order valence-corrected chi connectivity index (χ1v) is 6.49. The molecular formula is C12H15BrN2. The van der Waals surface area contributed by atoms with Gasteiger partial charge in [0.05, 0.1) is 11.2 Å². The number of hydrogen-bond donors (Lipinski definition) is 0. The van der Waals surface area contributed by atoms with Crippen molar-refractivity contribution in [2.24, 2.45) is 0 Å². The molecular weight excluding hydrogens is 252 g/mol. The van der Waals surface area contributed by atoms with Crippen molar-refractivity contribution in [3.63, 3.8) is 0 Å². The number of aromatic nitrogens is 2. The Labute approximate surface area is 98.4 Å². The Kier molecular flexibility index (Phi) is 3.41. The van der Waals surface area contributed by atoms with E-state index in [2.05, 4.69) is 56.9 Å². The summed E-state index contributed by atoms with van der Waals surface area (Å²) in [6, 6.07) is 8.47. The third kappa shape index (κ3) is 2.07. The molecule has 2 rings (SSSR count). The maximum absolute atomic E-state index is 4.64. The minimum atomic E-state index is 0.939. The average molecular weight is 267 g/mol. The van der Waals surface area contributed by atoms with Gasteiger partial charge in [-0.3, -0.25) is 4.68 Å². The molecule has 0 saturated heterocycles. The first-order valence-electron chi connectivity index (χ1n) is 5.37. The lowest BCUT2D eigenvalue weighted by atomic mass is 10.1. The van der Waals surface area contributed by atoms with Crippen LogP contribution in [0.1, 0.15) is 19.0 Å². The van der Waals surface area contributed by atoms with Gasteiger partial charge in [0.1, 0.15) is 0 Å². The molecule has 0 aliphatic rings. The van der Waals surface area contributed by atoms with Crippen molar-refractivity contribution in [2.45, 2.75) is 26.3 Å². The quantitative estimate of drug-likeness (QED) is 0.776. The molecule has 0 atom stereocenters. The van der Waals surface area contributed by atoms with Crippen molar-refractivity contribution in [3.8, 4) is 0 Å². The van der Waals surface area contributed by atoms with E-state index in [-0.39, 0.29) is 0 Å². The molecule has 80 valence electrons. The fraction of sp³-hybridized carbons (Fsp3) is 0.417. The second-order valence-electron chi connectivity index (χ2n) is 3.57. The summed E-state index contributed by atoms with van der Waals surface area (Å²) < 4.78 is 2.08. The molecule has 3 heteroatoms. The highest BCUT2D eigenvalue weighted by atomic mass is 79.9. The molecule has 1 aromatic heterocycles. The molecule has 1 heterocycles. The summed E-state index contributed by atoms with van der Waals surface area (Å²) in [5.41, 5.74) is 2.48. The molecule has 0 unspecified atom stereocenters. The van der Waals surface area contributed by atoms with Crippen LogP contribution in [-0.4, -0.2) is 15.1 Å². The van der Waals surface area contributed by atoms with Crippen LogP contribution in [0.2, 0.25) is 0 Å². The number of nitrogens with zero attached hydrogens (tertiary/aromatic N) is 2. The topological polar surface area (TPSA) is 17.8 Å². The fourth-order valence-electron chi connectivity index (χ4n) is 1.86. The van der Waals surface area contributed by atoms with Gasteiger partial charge < -0.3 is 0 Å². The van der Waals surface area contributed by atoms with Gasteiger partial charge in [-0.25, -0.2) is 0 Å². The van der Waals surface area contributed by atoms with Crippen molar-refractivity contribution in [1.29, 1.82) is 0 Å². The fourth-order valence-corrected chi connectivity index (χ4v) is 2.14. The van der Waals surface area contributed by atoms with Crippen LogP contribution in [0.25, 0.3) is 10.9 Å². The summed E-state index contributed by atoms with van der Waals surface area (Å²) in [4.78, 5) is 0. The number of benzene rings is 1. The monoisotopic (exact) mass is 266 g/mol. The average Bonchev–Trinajstić information content (AvgIpc) is 2.65. The molecule has 0 radical (unpaired) electrons. The molecule has 0 spiro atoms. The van der Waals surface area contributed by atoms with Gasteiger partial charge in [0, 0.05) is 17.3 Å². The van der Waals surface area contributed by atoms with E-state index in [4.69, 9.17) is 0 Å². The number of aryl methyl sites for hydroxylation is 2. The zero-order chi connectivity index (χ0) is 10.7. The molecule has 0 aliphatic heterocycles. The summed E-state index contributed by atoms with van der Waals surface area (Å²) >= 11 is 3.46. The second kappa shape index (κ2) is 4.79. The van der Waals surface area contributed by atoms with Crippen LogP contribution in [0.5, 0.6) is 0 Å². The van der Waals surface area contributed by atoms with Gasteiger partial charge in [-0.1, -0.05) is 34.1 Å². The Morgan fingerprint density at radius 3 is 2.87 bits per heavy atom. The van der Waals surface area contributed by atoms with E-state index in [9.17, 15) is 0 Å². The third-order valence-corrected chi connectivity index (χ3v) is 3.14. The molecule has 2 aromatic rings. The van der Waals surface area contributed by atoms with Gasteiger partial charge in [0.15, 0.2) is 0 Å². The highest BCUT2D eigenvalue weighted by molar-refractivity contribution is 9.09. The maximum Gasteiger partial charge on any atom is 0.0703 e. The van der Waals surface area contributed by atoms with Gasteiger partial charge >= 0.3 is 0 Å². The van der Waals surface area contributed by atoms with Crippen molar-refractivity contribution in [3.05, 3.63) is 30.0 Å². The second-order valence-corrected chi connectivity index (χ2v) is 4.37. The van der Waals surface area contributed by atoms with Gasteiger partial charge in [-0.2, -0.15) is 5.10 Å². The number of hydrogen-bond acceptors (Lipinski definition) is 1. The van der Waals surface area contributed by atoms with E-state index in [0.717, 1.165) is 24.7 Å². The van der Waals surface area contributed by atoms with Gasteiger partial charge in [-0.05, 0) is 25.8 Å². The van der Waals surface area contributed by atoms with Crippen LogP contribution in [0.3, 0.4) is 0 Å². The Hall–Kier alpha value is -0.830. The lowest BCUT2D eigenvalue weighted by Gasteiger charge is -1.95. The van der Waals surface area contributed by atoms with E-state index in [1.807, 2.05) is 0 Å².